The molecule has 1 heterocycles. The van der Waals surface area contributed by atoms with E-state index in [1.54, 1.807) is 32.4 Å². The van der Waals surface area contributed by atoms with Gasteiger partial charge in [0.1, 0.15) is 5.75 Å². The molecule has 0 spiro atoms. The highest BCUT2D eigenvalue weighted by atomic mass is 32.1. The normalized spacial score (nSPS) is 10.5. The fraction of sp³-hybridized carbons (Fsp3) is 0.273. The first kappa shape index (κ1) is 20.7. The van der Waals surface area contributed by atoms with Crippen molar-refractivity contribution in [2.24, 2.45) is 0 Å². The maximum Gasteiger partial charge on any atom is 0.257 e. The molecule has 152 valence electrons. The number of rotatable bonds is 8. The Labute approximate surface area is 174 Å². The molecular weight excluding hydrogens is 388 g/mol. The Hall–Kier alpha value is -3.06. The molecule has 0 radical (unpaired) electrons. The zero-order valence-electron chi connectivity index (χ0n) is 16.9. The lowest BCUT2D eigenvalue weighted by Crippen LogP contribution is -2.12. The van der Waals surface area contributed by atoms with E-state index >= 15 is 0 Å². The Kier molecular flexibility index (Phi) is 6.72. The summed E-state index contributed by atoms with van der Waals surface area (Å²) in [5, 5.41) is 3.42. The standard InChI is InChI=1S/C22H24N2O4S/c1-5-12-28-18-11-8-16(13-19(18)27-4)21(25)24-22-23-20(14(2)29-22)15-6-9-17(26-3)10-7-15/h6-11,13H,5,12H2,1-4H3,(H,23,24,25). The third kappa shape index (κ3) is 4.86. The van der Waals surface area contributed by atoms with E-state index in [4.69, 9.17) is 14.2 Å². The molecule has 3 aromatic rings. The number of anilines is 1. The van der Waals surface area contributed by atoms with Crippen molar-refractivity contribution in [3.63, 3.8) is 0 Å². The number of amides is 1. The second-order valence-corrected chi connectivity index (χ2v) is 7.52. The molecule has 6 nitrogen and oxygen atoms in total. The summed E-state index contributed by atoms with van der Waals surface area (Å²) in [6.45, 7) is 4.61. The number of nitrogens with zero attached hydrogens (tertiary/aromatic N) is 1. The van der Waals surface area contributed by atoms with Gasteiger partial charge < -0.3 is 14.2 Å². The summed E-state index contributed by atoms with van der Waals surface area (Å²) in [7, 11) is 3.19. The Morgan fingerprint density at radius 2 is 1.83 bits per heavy atom. The van der Waals surface area contributed by atoms with Crippen LogP contribution in [0.1, 0.15) is 28.6 Å². The van der Waals surface area contributed by atoms with Crippen molar-refractivity contribution in [1.82, 2.24) is 4.98 Å². The first-order valence-electron chi connectivity index (χ1n) is 9.29. The van der Waals surface area contributed by atoms with Crippen molar-refractivity contribution in [1.29, 1.82) is 0 Å². The minimum atomic E-state index is -0.250. The Morgan fingerprint density at radius 3 is 2.48 bits per heavy atom. The van der Waals surface area contributed by atoms with Gasteiger partial charge in [-0.2, -0.15) is 0 Å². The van der Waals surface area contributed by atoms with E-state index in [2.05, 4.69) is 10.3 Å². The van der Waals surface area contributed by atoms with Gasteiger partial charge in [-0.15, -0.1) is 11.3 Å². The lowest BCUT2D eigenvalue weighted by atomic mass is 10.1. The lowest BCUT2D eigenvalue weighted by Gasteiger charge is -2.11. The van der Waals surface area contributed by atoms with Gasteiger partial charge in [0, 0.05) is 16.0 Å². The van der Waals surface area contributed by atoms with E-state index in [9.17, 15) is 4.79 Å². The van der Waals surface area contributed by atoms with Crippen molar-refractivity contribution >= 4 is 22.4 Å². The quantitative estimate of drug-likeness (QED) is 0.552. The summed E-state index contributed by atoms with van der Waals surface area (Å²) in [4.78, 5) is 18.3. The van der Waals surface area contributed by atoms with Crippen molar-refractivity contribution in [2.45, 2.75) is 20.3 Å². The van der Waals surface area contributed by atoms with Crippen LogP contribution in [0.2, 0.25) is 0 Å². The number of thiazole rings is 1. The summed E-state index contributed by atoms with van der Waals surface area (Å²) >= 11 is 1.44. The van der Waals surface area contributed by atoms with E-state index in [0.717, 1.165) is 28.3 Å². The molecule has 0 atom stereocenters. The van der Waals surface area contributed by atoms with Gasteiger partial charge in [0.2, 0.25) is 0 Å². The SMILES string of the molecule is CCCOc1ccc(C(=O)Nc2nc(-c3ccc(OC)cc3)c(C)s2)cc1OC. The third-order valence-corrected chi connectivity index (χ3v) is 5.15. The summed E-state index contributed by atoms with van der Waals surface area (Å²) in [6.07, 6.45) is 0.894. The average Bonchev–Trinajstić information content (AvgIpc) is 3.11. The number of carbonyl (C=O) groups excluding carboxylic acids is 1. The predicted molar refractivity (Wildman–Crippen MR) is 116 cm³/mol. The molecule has 1 amide bonds. The zero-order chi connectivity index (χ0) is 20.8. The van der Waals surface area contributed by atoms with Crippen LogP contribution in [0, 0.1) is 6.92 Å². The molecular formula is C22H24N2O4S. The molecule has 0 saturated heterocycles. The molecule has 2 aromatic carbocycles. The van der Waals surface area contributed by atoms with E-state index in [1.165, 1.54) is 11.3 Å². The molecule has 3 rings (SSSR count). The number of benzene rings is 2. The van der Waals surface area contributed by atoms with Crippen LogP contribution in [0.5, 0.6) is 17.2 Å². The number of methoxy groups -OCH3 is 2. The number of hydrogen-bond acceptors (Lipinski definition) is 6. The summed E-state index contributed by atoms with van der Waals surface area (Å²) in [5.74, 6) is 1.69. The summed E-state index contributed by atoms with van der Waals surface area (Å²) in [6, 6.07) is 12.8. The summed E-state index contributed by atoms with van der Waals surface area (Å²) in [5.41, 5.74) is 2.29. The molecule has 0 aliphatic carbocycles. The van der Waals surface area contributed by atoms with Gasteiger partial charge in [-0.05, 0) is 55.8 Å². The van der Waals surface area contributed by atoms with Crippen LogP contribution in [0.4, 0.5) is 5.13 Å². The molecule has 1 aromatic heterocycles. The molecule has 0 aliphatic heterocycles. The highest BCUT2D eigenvalue weighted by molar-refractivity contribution is 7.16. The van der Waals surface area contributed by atoms with Gasteiger partial charge >= 0.3 is 0 Å². The number of carbonyl (C=O) groups is 1. The topological polar surface area (TPSA) is 69.7 Å². The first-order chi connectivity index (χ1) is 14.0. The van der Waals surface area contributed by atoms with Gasteiger partial charge in [0.05, 0.1) is 26.5 Å². The molecule has 0 aliphatic rings. The average molecular weight is 413 g/mol. The largest absolute Gasteiger partial charge is 0.497 e. The fourth-order valence-electron chi connectivity index (χ4n) is 2.78. The number of aromatic nitrogens is 1. The van der Waals surface area contributed by atoms with Crippen LogP contribution in [0.15, 0.2) is 42.5 Å². The smallest absolute Gasteiger partial charge is 0.257 e. The van der Waals surface area contributed by atoms with Crippen LogP contribution in [0.3, 0.4) is 0 Å². The molecule has 0 bridgehead atoms. The maximum absolute atomic E-state index is 12.7. The van der Waals surface area contributed by atoms with Gasteiger partial charge in [0.25, 0.3) is 5.91 Å². The monoisotopic (exact) mass is 412 g/mol. The van der Waals surface area contributed by atoms with Gasteiger partial charge in [0.15, 0.2) is 16.6 Å². The van der Waals surface area contributed by atoms with E-state index in [-0.39, 0.29) is 5.91 Å². The molecule has 0 unspecified atom stereocenters. The van der Waals surface area contributed by atoms with E-state index in [1.807, 2.05) is 38.1 Å². The molecule has 1 N–H and O–H groups in total. The van der Waals surface area contributed by atoms with Crippen LogP contribution in [-0.2, 0) is 0 Å². The second kappa shape index (κ2) is 9.43. The van der Waals surface area contributed by atoms with Gasteiger partial charge in [-0.1, -0.05) is 6.92 Å². The molecule has 0 fully saturated rings. The Morgan fingerprint density at radius 1 is 1.07 bits per heavy atom. The van der Waals surface area contributed by atoms with Crippen molar-refractivity contribution in [3.05, 3.63) is 52.9 Å². The van der Waals surface area contributed by atoms with E-state index in [0.29, 0.717) is 28.8 Å². The van der Waals surface area contributed by atoms with Crippen LogP contribution >= 0.6 is 11.3 Å². The predicted octanol–water partition coefficient (Wildman–Crippen LogP) is 5.18. The number of aryl methyl sites for hydroxylation is 1. The minimum absolute atomic E-state index is 0.250. The third-order valence-electron chi connectivity index (χ3n) is 4.27. The van der Waals surface area contributed by atoms with Gasteiger partial charge in [-0.25, -0.2) is 4.98 Å². The Balaban J connectivity index is 1.77. The van der Waals surface area contributed by atoms with E-state index < -0.39 is 0 Å². The summed E-state index contributed by atoms with van der Waals surface area (Å²) < 4.78 is 16.2. The van der Waals surface area contributed by atoms with Crippen molar-refractivity contribution < 1.29 is 19.0 Å². The Bertz CT molecular complexity index is 983. The van der Waals surface area contributed by atoms with Crippen LogP contribution in [-0.4, -0.2) is 31.7 Å². The number of ether oxygens (including phenoxy) is 3. The van der Waals surface area contributed by atoms with Crippen molar-refractivity contribution in [2.75, 3.05) is 26.1 Å². The minimum Gasteiger partial charge on any atom is -0.497 e. The molecule has 29 heavy (non-hydrogen) atoms. The van der Waals surface area contributed by atoms with Crippen LogP contribution < -0.4 is 19.5 Å². The first-order valence-corrected chi connectivity index (χ1v) is 10.1. The number of nitrogens with one attached hydrogen (secondary N) is 1. The highest BCUT2D eigenvalue weighted by Crippen LogP contribution is 2.32. The highest BCUT2D eigenvalue weighted by Gasteiger charge is 2.15. The van der Waals surface area contributed by atoms with Crippen LogP contribution in [0.25, 0.3) is 11.3 Å². The molecule has 7 heteroatoms. The lowest BCUT2D eigenvalue weighted by molar-refractivity contribution is 0.102. The fourth-order valence-corrected chi connectivity index (χ4v) is 3.61. The maximum atomic E-state index is 12.7. The van der Waals surface area contributed by atoms with Crippen molar-refractivity contribution in [3.8, 4) is 28.5 Å². The zero-order valence-corrected chi connectivity index (χ0v) is 17.8. The molecule has 0 saturated carbocycles. The van der Waals surface area contributed by atoms with Gasteiger partial charge in [-0.3, -0.25) is 10.1 Å². The number of hydrogen-bond donors (Lipinski definition) is 1. The second-order valence-electron chi connectivity index (χ2n) is 6.32.